The Morgan fingerprint density at radius 3 is 2.30 bits per heavy atom. The molecule has 63 heavy (non-hydrogen) atoms. The first kappa shape index (κ1) is 45.5. The van der Waals surface area contributed by atoms with Crippen molar-refractivity contribution >= 4 is 11.8 Å². The lowest BCUT2D eigenvalue weighted by Gasteiger charge is -2.59. The van der Waals surface area contributed by atoms with Crippen LogP contribution in [0.5, 0.6) is 11.5 Å². The van der Waals surface area contributed by atoms with E-state index in [-0.39, 0.29) is 69.6 Å². The van der Waals surface area contributed by atoms with E-state index in [2.05, 4.69) is 12.7 Å². The maximum atomic E-state index is 14.8. The molecule has 4 aromatic carbocycles. The molecule has 0 radical (unpaired) electrons. The summed E-state index contributed by atoms with van der Waals surface area (Å²) in [6, 6.07) is 31.1. The SMILES string of the molecule is C=CCO[C@@]12Oc3ccc(OCc4ccccc4F)cc3[C@H]3[C@H](CCCCO)[C@@H](CCCCO)C=C(C(=NOCc4ccccc4)C[C@@H]1N(CCC)C(=O)OCc1ccccc1)[C@H]32. The molecule has 0 unspecified atom stereocenters. The number of amides is 1. The van der Waals surface area contributed by atoms with E-state index in [1.165, 1.54) is 6.07 Å². The molecule has 0 spiro atoms. The zero-order valence-electron chi connectivity index (χ0n) is 36.3. The van der Waals surface area contributed by atoms with Crippen molar-refractivity contribution in [1.29, 1.82) is 0 Å². The van der Waals surface area contributed by atoms with E-state index in [0.717, 1.165) is 47.9 Å². The van der Waals surface area contributed by atoms with Gasteiger partial charge >= 0.3 is 6.09 Å². The summed E-state index contributed by atoms with van der Waals surface area (Å²) in [5.74, 6) is -1.29. The normalized spacial score (nSPS) is 22.8. The molecule has 3 aliphatic rings. The quantitative estimate of drug-likeness (QED) is 0.0456. The van der Waals surface area contributed by atoms with Crippen LogP contribution in [0.1, 0.15) is 86.5 Å². The summed E-state index contributed by atoms with van der Waals surface area (Å²) in [5.41, 5.74) is 4.81. The van der Waals surface area contributed by atoms with Crippen molar-refractivity contribution in [2.24, 2.45) is 22.9 Å². The smallest absolute Gasteiger partial charge is 0.410 e. The van der Waals surface area contributed by atoms with Crippen molar-refractivity contribution < 1.29 is 43.2 Å². The predicted octanol–water partition coefficient (Wildman–Crippen LogP) is 10.3. The topological polar surface area (TPSA) is 119 Å². The molecule has 1 aliphatic heterocycles. The minimum Gasteiger partial charge on any atom is -0.489 e. The van der Waals surface area contributed by atoms with E-state index in [4.69, 9.17) is 28.9 Å². The van der Waals surface area contributed by atoms with Gasteiger partial charge in [-0.1, -0.05) is 116 Å². The van der Waals surface area contributed by atoms with Gasteiger partial charge in [0.2, 0.25) is 5.79 Å². The van der Waals surface area contributed by atoms with Crippen molar-refractivity contribution in [3.05, 3.63) is 156 Å². The standard InChI is InChI=1S/C52H61FN2O8/c1-3-27-55(51(58)60-34-37-17-7-5-8-18-37)48-33-46(54-62-35-38-19-9-6-10-20-38)43-31-39(21-13-15-28-56)42(23-14-16-29-57)49-44-32-41(59-36-40-22-11-12-24-45(40)53)25-26-47(44)63-52(48,50(43)49)61-30-4-2/h4-12,17-20,22,24-26,31-32,39,42,48-50,56-57H,2-3,13-16,21,23,27-30,33-36H2,1H3/t39-,42+,48-,49+,50+,52+/m0/s1. The predicted molar refractivity (Wildman–Crippen MR) is 241 cm³/mol. The highest BCUT2D eigenvalue weighted by Crippen LogP contribution is 2.62. The van der Waals surface area contributed by atoms with Crippen LogP contribution in [0.15, 0.2) is 133 Å². The van der Waals surface area contributed by atoms with Gasteiger partial charge in [-0.25, -0.2) is 9.18 Å². The Morgan fingerprint density at radius 2 is 1.60 bits per heavy atom. The molecule has 0 aromatic heterocycles. The number of halogens is 1. The minimum atomic E-state index is -1.43. The van der Waals surface area contributed by atoms with Crippen LogP contribution < -0.4 is 9.47 Å². The number of carbonyl (C=O) groups excluding carboxylic acids is 1. The molecular formula is C52H61FN2O8. The van der Waals surface area contributed by atoms with Crippen LogP contribution in [-0.4, -0.2) is 65.1 Å². The van der Waals surface area contributed by atoms with Crippen molar-refractivity contribution in [3.63, 3.8) is 0 Å². The number of ether oxygens (including phenoxy) is 4. The highest BCUT2D eigenvalue weighted by atomic mass is 19.1. The molecule has 0 saturated heterocycles. The Hall–Kier alpha value is -5.49. The molecule has 1 heterocycles. The van der Waals surface area contributed by atoms with Gasteiger partial charge in [0.25, 0.3) is 0 Å². The zero-order chi connectivity index (χ0) is 44.0. The van der Waals surface area contributed by atoms with E-state index in [1.807, 2.05) is 85.8 Å². The lowest BCUT2D eigenvalue weighted by Crippen LogP contribution is -2.70. The van der Waals surface area contributed by atoms with Crippen LogP contribution in [-0.2, 0) is 34.1 Å². The number of fused-ring (bicyclic) bond motifs is 2. The number of rotatable bonds is 22. The highest BCUT2D eigenvalue weighted by molar-refractivity contribution is 6.03. The van der Waals surface area contributed by atoms with Crippen molar-refractivity contribution in [2.75, 3.05) is 26.4 Å². The Kier molecular flexibility index (Phi) is 16.1. The van der Waals surface area contributed by atoms with Gasteiger partial charge in [0, 0.05) is 43.2 Å². The molecule has 334 valence electrons. The zero-order valence-corrected chi connectivity index (χ0v) is 36.3. The third kappa shape index (κ3) is 10.7. The number of hydrogen-bond acceptors (Lipinski definition) is 9. The number of hydrogen-bond donors (Lipinski definition) is 2. The van der Waals surface area contributed by atoms with Gasteiger partial charge in [0.1, 0.15) is 43.2 Å². The number of unbranched alkanes of at least 4 members (excludes halogenated alkanes) is 2. The molecule has 2 aliphatic carbocycles. The van der Waals surface area contributed by atoms with Gasteiger partial charge in [0.15, 0.2) is 0 Å². The fraction of sp³-hybridized carbons (Fsp3) is 0.423. The number of oxime groups is 1. The second-order valence-corrected chi connectivity index (χ2v) is 16.6. The fourth-order valence-electron chi connectivity index (χ4n) is 9.69. The largest absolute Gasteiger partial charge is 0.489 e. The van der Waals surface area contributed by atoms with Gasteiger partial charge in [-0.3, -0.25) is 4.90 Å². The van der Waals surface area contributed by atoms with E-state index in [1.54, 1.807) is 29.2 Å². The molecule has 1 amide bonds. The fourth-order valence-corrected chi connectivity index (χ4v) is 9.69. The number of carbonyl (C=O) groups is 1. The lowest BCUT2D eigenvalue weighted by atomic mass is 9.55. The Balaban J connectivity index is 1.39. The second kappa shape index (κ2) is 22.2. The summed E-state index contributed by atoms with van der Waals surface area (Å²) in [6.07, 6.45) is 8.90. The highest BCUT2D eigenvalue weighted by Gasteiger charge is 2.65. The average Bonchev–Trinajstić information content (AvgIpc) is 3.31. The van der Waals surface area contributed by atoms with Crippen molar-refractivity contribution in [2.45, 2.75) is 95.9 Å². The van der Waals surface area contributed by atoms with Crippen LogP contribution in [0, 0.1) is 23.6 Å². The van der Waals surface area contributed by atoms with Crippen molar-refractivity contribution in [3.8, 4) is 11.5 Å². The van der Waals surface area contributed by atoms with E-state index < -0.39 is 23.8 Å². The molecule has 0 bridgehead atoms. The minimum absolute atomic E-state index is 0.0232. The average molecular weight is 861 g/mol. The first-order valence-electron chi connectivity index (χ1n) is 22.5. The Morgan fingerprint density at radius 1 is 0.905 bits per heavy atom. The summed E-state index contributed by atoms with van der Waals surface area (Å²) in [6.45, 7) is 7.10. The second-order valence-electron chi connectivity index (χ2n) is 16.6. The number of aliphatic hydroxyl groups is 2. The summed E-state index contributed by atoms with van der Waals surface area (Å²) < 4.78 is 41.6. The van der Waals surface area contributed by atoms with E-state index in [9.17, 15) is 19.4 Å². The van der Waals surface area contributed by atoms with Crippen LogP contribution >= 0.6 is 0 Å². The maximum Gasteiger partial charge on any atom is 0.410 e. The van der Waals surface area contributed by atoms with Gasteiger partial charge in [-0.15, -0.1) is 6.58 Å². The summed E-state index contributed by atoms with van der Waals surface area (Å²) >= 11 is 0. The first-order chi connectivity index (χ1) is 30.9. The number of allylic oxidation sites excluding steroid dienone is 1. The third-order valence-electron chi connectivity index (χ3n) is 12.5. The van der Waals surface area contributed by atoms with Crippen LogP contribution in [0.4, 0.5) is 9.18 Å². The maximum absolute atomic E-state index is 14.8. The Bertz CT molecular complexity index is 2170. The van der Waals surface area contributed by atoms with Gasteiger partial charge in [0.05, 0.1) is 18.2 Å². The van der Waals surface area contributed by atoms with Crippen molar-refractivity contribution in [1.82, 2.24) is 4.90 Å². The lowest BCUT2D eigenvalue weighted by molar-refractivity contribution is -0.255. The first-order valence-corrected chi connectivity index (χ1v) is 22.5. The third-order valence-corrected chi connectivity index (χ3v) is 12.5. The monoisotopic (exact) mass is 860 g/mol. The van der Waals surface area contributed by atoms with Gasteiger partial charge < -0.3 is 34.0 Å². The summed E-state index contributed by atoms with van der Waals surface area (Å²) in [5, 5.41) is 24.8. The van der Waals surface area contributed by atoms with E-state index in [0.29, 0.717) is 48.6 Å². The Labute approximate surface area is 371 Å². The van der Waals surface area contributed by atoms with E-state index >= 15 is 0 Å². The molecular weight excluding hydrogens is 800 g/mol. The molecule has 10 nitrogen and oxygen atoms in total. The molecule has 1 fully saturated rings. The number of benzene rings is 4. The molecule has 6 atom stereocenters. The van der Waals surface area contributed by atoms with Crippen LogP contribution in [0.25, 0.3) is 0 Å². The molecule has 7 rings (SSSR count). The molecule has 11 heteroatoms. The molecule has 1 saturated carbocycles. The van der Waals surface area contributed by atoms with Crippen LogP contribution in [0.2, 0.25) is 0 Å². The van der Waals surface area contributed by atoms with Gasteiger partial charge in [-0.05, 0) is 84.9 Å². The summed E-state index contributed by atoms with van der Waals surface area (Å²) in [4.78, 5) is 22.5. The van der Waals surface area contributed by atoms with Gasteiger partial charge in [-0.2, -0.15) is 0 Å². The number of nitrogens with zero attached hydrogens (tertiary/aromatic N) is 2. The van der Waals surface area contributed by atoms with Crippen LogP contribution in [0.3, 0.4) is 0 Å². The summed E-state index contributed by atoms with van der Waals surface area (Å²) in [7, 11) is 0. The molecule has 4 aromatic rings. The number of aliphatic hydroxyl groups excluding tert-OH is 2. The molecule has 2 N–H and O–H groups in total.